The van der Waals surface area contributed by atoms with Crippen LogP contribution < -0.4 is 5.32 Å². The van der Waals surface area contributed by atoms with E-state index in [0.29, 0.717) is 5.69 Å². The van der Waals surface area contributed by atoms with Crippen LogP contribution in [0.3, 0.4) is 0 Å². The monoisotopic (exact) mass is 222 g/mol. The van der Waals surface area contributed by atoms with Crippen molar-refractivity contribution >= 4 is 17.6 Å². The molecule has 1 saturated heterocycles. The van der Waals surface area contributed by atoms with Crippen LogP contribution in [-0.4, -0.2) is 35.2 Å². The highest BCUT2D eigenvalue weighted by atomic mass is 16.5. The van der Waals surface area contributed by atoms with Gasteiger partial charge in [0.2, 0.25) is 5.91 Å². The molecule has 1 amide bonds. The lowest BCUT2D eigenvalue weighted by atomic mass is 9.85. The third-order valence-electron chi connectivity index (χ3n) is 2.46. The number of aromatic nitrogens is 1. The Balaban J connectivity index is 2.11. The smallest absolute Gasteiger partial charge is 0.324 e. The van der Waals surface area contributed by atoms with Crippen molar-refractivity contribution in [2.24, 2.45) is 5.41 Å². The average Bonchev–Trinajstić information content (AvgIpc) is 2.16. The number of amides is 1. The zero-order valence-electron chi connectivity index (χ0n) is 8.34. The van der Waals surface area contributed by atoms with Crippen LogP contribution >= 0.6 is 0 Å². The van der Waals surface area contributed by atoms with Crippen molar-refractivity contribution in [1.29, 1.82) is 0 Å². The van der Waals surface area contributed by atoms with Crippen molar-refractivity contribution in [3.05, 3.63) is 24.5 Å². The molecule has 0 unspecified atom stereocenters. The maximum absolute atomic E-state index is 11.8. The molecule has 0 atom stereocenters. The van der Waals surface area contributed by atoms with E-state index in [1.807, 2.05) is 0 Å². The molecule has 2 heterocycles. The van der Waals surface area contributed by atoms with Crippen LogP contribution in [-0.2, 0) is 14.3 Å². The number of pyridine rings is 1. The van der Waals surface area contributed by atoms with E-state index in [1.165, 1.54) is 6.20 Å². The molecule has 2 rings (SSSR count). The van der Waals surface area contributed by atoms with Gasteiger partial charge < -0.3 is 15.2 Å². The van der Waals surface area contributed by atoms with E-state index >= 15 is 0 Å². The lowest BCUT2D eigenvalue weighted by molar-refractivity contribution is -0.182. The molecule has 6 heteroatoms. The number of nitrogens with one attached hydrogen (secondary N) is 1. The van der Waals surface area contributed by atoms with Gasteiger partial charge in [0.25, 0.3) is 0 Å². The number of ether oxygens (including phenoxy) is 1. The summed E-state index contributed by atoms with van der Waals surface area (Å²) in [5.41, 5.74) is -0.976. The molecular weight excluding hydrogens is 212 g/mol. The van der Waals surface area contributed by atoms with Gasteiger partial charge >= 0.3 is 5.97 Å². The fourth-order valence-corrected chi connectivity index (χ4v) is 1.35. The molecule has 1 aliphatic rings. The number of rotatable bonds is 3. The first-order valence-electron chi connectivity index (χ1n) is 4.68. The van der Waals surface area contributed by atoms with Gasteiger partial charge in [-0.1, -0.05) is 0 Å². The Morgan fingerprint density at radius 2 is 2.25 bits per heavy atom. The molecule has 1 aliphatic heterocycles. The minimum absolute atomic E-state index is 0.0889. The van der Waals surface area contributed by atoms with Crippen LogP contribution in [0.25, 0.3) is 0 Å². The van der Waals surface area contributed by atoms with Gasteiger partial charge in [-0.2, -0.15) is 0 Å². The fourth-order valence-electron chi connectivity index (χ4n) is 1.35. The van der Waals surface area contributed by atoms with Crippen molar-refractivity contribution in [2.75, 3.05) is 18.5 Å². The lowest BCUT2D eigenvalue weighted by Crippen LogP contribution is -2.57. The third kappa shape index (κ3) is 1.63. The van der Waals surface area contributed by atoms with Crippen molar-refractivity contribution < 1.29 is 19.4 Å². The number of hydrogen-bond acceptors (Lipinski definition) is 4. The Kier molecular flexibility index (Phi) is 2.57. The molecule has 0 spiro atoms. The van der Waals surface area contributed by atoms with Crippen LogP contribution in [0.5, 0.6) is 0 Å². The van der Waals surface area contributed by atoms with E-state index in [2.05, 4.69) is 10.3 Å². The first-order chi connectivity index (χ1) is 7.65. The molecule has 0 aliphatic carbocycles. The summed E-state index contributed by atoms with van der Waals surface area (Å²) in [5.74, 6) is -1.74. The zero-order chi connectivity index (χ0) is 11.6. The van der Waals surface area contributed by atoms with Crippen molar-refractivity contribution in [3.63, 3.8) is 0 Å². The van der Waals surface area contributed by atoms with E-state index in [-0.39, 0.29) is 13.2 Å². The topological polar surface area (TPSA) is 88.5 Å². The minimum atomic E-state index is -1.45. The Labute approximate surface area is 91.3 Å². The van der Waals surface area contributed by atoms with Gasteiger partial charge in [0.15, 0.2) is 5.41 Å². The van der Waals surface area contributed by atoms with Crippen LogP contribution in [0.1, 0.15) is 0 Å². The highest BCUT2D eigenvalue weighted by Crippen LogP contribution is 2.29. The largest absolute Gasteiger partial charge is 0.480 e. The Morgan fingerprint density at radius 3 is 2.69 bits per heavy atom. The maximum Gasteiger partial charge on any atom is 0.324 e. The SMILES string of the molecule is O=C(O)C1(C(=O)Nc2cccnc2)COC1. The average molecular weight is 222 g/mol. The van der Waals surface area contributed by atoms with E-state index < -0.39 is 17.3 Å². The number of carboxylic acids is 1. The highest BCUT2D eigenvalue weighted by Gasteiger charge is 2.53. The summed E-state index contributed by atoms with van der Waals surface area (Å²) >= 11 is 0. The molecule has 1 aromatic rings. The number of carbonyl (C=O) groups excluding carboxylic acids is 1. The normalized spacial score (nSPS) is 17.2. The summed E-state index contributed by atoms with van der Waals surface area (Å²) in [6, 6.07) is 3.29. The summed E-state index contributed by atoms with van der Waals surface area (Å²) in [7, 11) is 0. The number of carboxylic acid groups (broad SMARTS) is 1. The molecule has 2 N–H and O–H groups in total. The summed E-state index contributed by atoms with van der Waals surface area (Å²) in [5, 5.41) is 11.5. The molecule has 1 aromatic heterocycles. The van der Waals surface area contributed by atoms with Crippen molar-refractivity contribution in [1.82, 2.24) is 4.98 Å². The molecule has 6 nitrogen and oxygen atoms in total. The zero-order valence-corrected chi connectivity index (χ0v) is 8.34. The van der Waals surface area contributed by atoms with Crippen molar-refractivity contribution in [3.8, 4) is 0 Å². The second kappa shape index (κ2) is 3.90. The van der Waals surface area contributed by atoms with E-state index in [9.17, 15) is 9.59 Å². The van der Waals surface area contributed by atoms with Crippen LogP contribution in [0, 0.1) is 5.41 Å². The van der Waals surface area contributed by atoms with Crippen LogP contribution in [0.2, 0.25) is 0 Å². The highest BCUT2D eigenvalue weighted by molar-refractivity contribution is 6.09. The summed E-state index contributed by atoms with van der Waals surface area (Å²) in [6.45, 7) is -0.178. The number of aliphatic carboxylic acids is 1. The van der Waals surface area contributed by atoms with E-state index in [1.54, 1.807) is 18.3 Å². The quantitative estimate of drug-likeness (QED) is 0.709. The first-order valence-corrected chi connectivity index (χ1v) is 4.68. The van der Waals surface area contributed by atoms with Gasteiger partial charge in [0.1, 0.15) is 0 Å². The first kappa shape index (κ1) is 10.6. The third-order valence-corrected chi connectivity index (χ3v) is 2.46. The Hall–Kier alpha value is -1.95. The second-order valence-corrected chi connectivity index (χ2v) is 3.58. The molecule has 84 valence electrons. The molecule has 0 bridgehead atoms. The van der Waals surface area contributed by atoms with Crippen molar-refractivity contribution in [2.45, 2.75) is 0 Å². The lowest BCUT2D eigenvalue weighted by Gasteiger charge is -2.35. The molecule has 16 heavy (non-hydrogen) atoms. The van der Waals surface area contributed by atoms with E-state index in [4.69, 9.17) is 9.84 Å². The predicted molar refractivity (Wildman–Crippen MR) is 53.8 cm³/mol. The number of carbonyl (C=O) groups is 2. The van der Waals surface area contributed by atoms with Crippen LogP contribution in [0.15, 0.2) is 24.5 Å². The maximum atomic E-state index is 11.8. The van der Waals surface area contributed by atoms with Gasteiger partial charge in [-0.05, 0) is 12.1 Å². The molecule has 0 saturated carbocycles. The second-order valence-electron chi connectivity index (χ2n) is 3.58. The summed E-state index contributed by atoms with van der Waals surface area (Å²) in [4.78, 5) is 26.6. The Morgan fingerprint density at radius 1 is 1.50 bits per heavy atom. The molecule has 0 radical (unpaired) electrons. The van der Waals surface area contributed by atoms with Gasteiger partial charge in [-0.3, -0.25) is 14.6 Å². The van der Waals surface area contributed by atoms with Gasteiger partial charge in [-0.15, -0.1) is 0 Å². The number of hydrogen-bond donors (Lipinski definition) is 2. The van der Waals surface area contributed by atoms with E-state index in [0.717, 1.165) is 0 Å². The fraction of sp³-hybridized carbons (Fsp3) is 0.300. The number of anilines is 1. The standard InChI is InChI=1S/C10H10N2O4/c13-8(10(9(14)15)5-16-6-10)12-7-2-1-3-11-4-7/h1-4H,5-6H2,(H,12,13)(H,14,15). The number of nitrogens with zero attached hydrogens (tertiary/aromatic N) is 1. The van der Waals surface area contributed by atoms with Gasteiger partial charge in [0, 0.05) is 6.20 Å². The predicted octanol–water partition coefficient (Wildman–Crippen LogP) is 0.121. The minimum Gasteiger partial charge on any atom is -0.480 e. The van der Waals surface area contributed by atoms with Crippen LogP contribution in [0.4, 0.5) is 5.69 Å². The summed E-state index contributed by atoms with van der Waals surface area (Å²) in [6.07, 6.45) is 3.02. The summed E-state index contributed by atoms with van der Waals surface area (Å²) < 4.78 is 4.80. The molecular formula is C10H10N2O4. The van der Waals surface area contributed by atoms with Gasteiger partial charge in [0.05, 0.1) is 25.1 Å². The Bertz CT molecular complexity index is 414. The molecule has 1 fully saturated rings. The van der Waals surface area contributed by atoms with Gasteiger partial charge in [-0.25, -0.2) is 0 Å². The molecule has 0 aromatic carbocycles.